The maximum atomic E-state index is 11.8. The van der Waals surface area contributed by atoms with Crippen LogP contribution in [-0.4, -0.2) is 23.1 Å². The van der Waals surface area contributed by atoms with E-state index in [4.69, 9.17) is 0 Å². The molecule has 5 nitrogen and oxygen atoms in total. The second kappa shape index (κ2) is 8.33. The number of amides is 1. The second-order valence-electron chi connectivity index (χ2n) is 5.11. The lowest BCUT2D eigenvalue weighted by Crippen LogP contribution is -2.27. The highest BCUT2D eigenvalue weighted by Gasteiger charge is 2.07. The van der Waals surface area contributed by atoms with Gasteiger partial charge in [0.15, 0.2) is 0 Å². The van der Waals surface area contributed by atoms with Gasteiger partial charge in [0.2, 0.25) is 5.91 Å². The lowest BCUT2D eigenvalue weighted by atomic mass is 10.1. The molecule has 2 rings (SSSR count). The maximum absolute atomic E-state index is 11.8. The summed E-state index contributed by atoms with van der Waals surface area (Å²) in [6, 6.07) is 14.3. The minimum atomic E-state index is -0.452. The molecule has 0 unspecified atom stereocenters. The van der Waals surface area contributed by atoms with Crippen molar-refractivity contribution in [2.75, 3.05) is 12.3 Å². The molecule has 0 aliphatic heterocycles. The van der Waals surface area contributed by atoms with Crippen molar-refractivity contribution in [1.82, 2.24) is 5.32 Å². The SMILES string of the molecule is Cc1ccc(SCCNC(=O)Cc2ccc([N+](=O)[O-])cc2)cc1. The van der Waals surface area contributed by atoms with Crippen LogP contribution in [0.3, 0.4) is 0 Å². The second-order valence-corrected chi connectivity index (χ2v) is 6.28. The van der Waals surface area contributed by atoms with E-state index in [9.17, 15) is 14.9 Å². The van der Waals surface area contributed by atoms with Gasteiger partial charge in [-0.3, -0.25) is 14.9 Å². The fourth-order valence-corrected chi connectivity index (χ4v) is 2.75. The number of nitro benzene ring substituents is 1. The van der Waals surface area contributed by atoms with Crippen LogP contribution < -0.4 is 5.32 Å². The Morgan fingerprint density at radius 2 is 1.78 bits per heavy atom. The number of nitrogens with one attached hydrogen (secondary N) is 1. The Hall–Kier alpha value is -2.34. The molecule has 0 bridgehead atoms. The van der Waals surface area contributed by atoms with E-state index in [1.165, 1.54) is 22.6 Å². The van der Waals surface area contributed by atoms with Gasteiger partial charge in [-0.2, -0.15) is 0 Å². The number of hydrogen-bond donors (Lipinski definition) is 1. The van der Waals surface area contributed by atoms with Crippen molar-refractivity contribution in [1.29, 1.82) is 0 Å². The van der Waals surface area contributed by atoms with Crippen LogP contribution in [0.1, 0.15) is 11.1 Å². The Labute approximate surface area is 139 Å². The third-order valence-electron chi connectivity index (χ3n) is 3.23. The normalized spacial score (nSPS) is 10.3. The van der Waals surface area contributed by atoms with Gasteiger partial charge >= 0.3 is 0 Å². The molecule has 0 atom stereocenters. The number of hydrogen-bond acceptors (Lipinski definition) is 4. The average Bonchev–Trinajstić information content (AvgIpc) is 2.54. The number of nitro groups is 1. The van der Waals surface area contributed by atoms with Crippen LogP contribution in [0.5, 0.6) is 0 Å². The van der Waals surface area contributed by atoms with Crippen LogP contribution in [0.2, 0.25) is 0 Å². The van der Waals surface area contributed by atoms with Crippen molar-refractivity contribution in [2.45, 2.75) is 18.2 Å². The largest absolute Gasteiger partial charge is 0.355 e. The topological polar surface area (TPSA) is 72.2 Å². The van der Waals surface area contributed by atoms with Gasteiger partial charge in [0.25, 0.3) is 5.69 Å². The van der Waals surface area contributed by atoms with E-state index >= 15 is 0 Å². The number of thioether (sulfide) groups is 1. The van der Waals surface area contributed by atoms with Gasteiger partial charge in [-0.15, -0.1) is 11.8 Å². The summed E-state index contributed by atoms with van der Waals surface area (Å²) in [5.41, 5.74) is 2.02. The smallest absolute Gasteiger partial charge is 0.269 e. The predicted octanol–water partition coefficient (Wildman–Crippen LogP) is 3.35. The van der Waals surface area contributed by atoms with E-state index in [0.717, 1.165) is 11.3 Å². The third-order valence-corrected chi connectivity index (χ3v) is 4.24. The molecule has 23 heavy (non-hydrogen) atoms. The highest BCUT2D eigenvalue weighted by atomic mass is 32.2. The zero-order valence-corrected chi connectivity index (χ0v) is 13.6. The Morgan fingerprint density at radius 3 is 2.39 bits per heavy atom. The van der Waals surface area contributed by atoms with Gasteiger partial charge < -0.3 is 5.32 Å². The summed E-state index contributed by atoms with van der Waals surface area (Å²) < 4.78 is 0. The molecule has 0 spiro atoms. The molecule has 0 heterocycles. The van der Waals surface area contributed by atoms with Gasteiger partial charge in [0.05, 0.1) is 11.3 Å². The Kier molecular flexibility index (Phi) is 6.17. The summed E-state index contributed by atoms with van der Waals surface area (Å²) in [7, 11) is 0. The van der Waals surface area contributed by atoms with Crippen molar-refractivity contribution >= 4 is 23.4 Å². The van der Waals surface area contributed by atoms with Gasteiger partial charge in [-0.05, 0) is 24.6 Å². The zero-order valence-electron chi connectivity index (χ0n) is 12.8. The van der Waals surface area contributed by atoms with Crippen LogP contribution in [-0.2, 0) is 11.2 Å². The molecule has 0 saturated heterocycles. The molecule has 0 aliphatic carbocycles. The summed E-state index contributed by atoms with van der Waals surface area (Å²) in [5, 5.41) is 13.4. The van der Waals surface area contributed by atoms with Crippen LogP contribution in [0.15, 0.2) is 53.4 Å². The number of carbonyl (C=O) groups excluding carboxylic acids is 1. The van der Waals surface area contributed by atoms with Crippen molar-refractivity contribution in [3.05, 3.63) is 69.8 Å². The molecule has 2 aromatic rings. The van der Waals surface area contributed by atoms with E-state index in [-0.39, 0.29) is 18.0 Å². The average molecular weight is 330 g/mol. The number of benzene rings is 2. The molecule has 0 fully saturated rings. The fraction of sp³-hybridized carbons (Fsp3) is 0.235. The number of non-ortho nitro benzene ring substituents is 1. The van der Waals surface area contributed by atoms with Crippen LogP contribution in [0, 0.1) is 17.0 Å². The van der Waals surface area contributed by atoms with Crippen molar-refractivity contribution < 1.29 is 9.72 Å². The van der Waals surface area contributed by atoms with Crippen LogP contribution >= 0.6 is 11.8 Å². The summed E-state index contributed by atoms with van der Waals surface area (Å²) in [6.45, 7) is 2.64. The first kappa shape index (κ1) is 17.0. The Morgan fingerprint density at radius 1 is 1.13 bits per heavy atom. The molecular weight excluding hydrogens is 312 g/mol. The molecule has 1 amide bonds. The van der Waals surface area contributed by atoms with E-state index in [2.05, 4.69) is 29.6 Å². The number of nitrogens with zero attached hydrogens (tertiary/aromatic N) is 1. The van der Waals surface area contributed by atoms with E-state index in [1.54, 1.807) is 23.9 Å². The molecule has 6 heteroatoms. The standard InChI is InChI=1S/C17H18N2O3S/c1-13-2-8-16(9-3-13)23-11-10-18-17(20)12-14-4-6-15(7-5-14)19(21)22/h2-9H,10-12H2,1H3,(H,18,20). The first-order valence-corrected chi connectivity index (χ1v) is 8.22. The Bertz CT molecular complexity index is 669. The molecule has 0 aliphatic rings. The highest BCUT2D eigenvalue weighted by Crippen LogP contribution is 2.17. The fourth-order valence-electron chi connectivity index (χ4n) is 1.98. The molecule has 120 valence electrons. The highest BCUT2D eigenvalue weighted by molar-refractivity contribution is 7.99. The van der Waals surface area contributed by atoms with E-state index in [0.29, 0.717) is 6.54 Å². The monoisotopic (exact) mass is 330 g/mol. The van der Waals surface area contributed by atoms with Crippen LogP contribution in [0.25, 0.3) is 0 Å². The van der Waals surface area contributed by atoms with Gasteiger partial charge in [0, 0.05) is 29.3 Å². The third kappa shape index (κ3) is 5.75. The molecule has 0 radical (unpaired) electrons. The van der Waals surface area contributed by atoms with Crippen LogP contribution in [0.4, 0.5) is 5.69 Å². The molecule has 2 aromatic carbocycles. The molecule has 0 aromatic heterocycles. The van der Waals surface area contributed by atoms with Gasteiger partial charge in [-0.1, -0.05) is 29.8 Å². The summed E-state index contributed by atoms with van der Waals surface area (Å²) >= 11 is 1.69. The minimum absolute atomic E-state index is 0.0312. The number of aryl methyl sites for hydroxylation is 1. The summed E-state index contributed by atoms with van der Waals surface area (Å²) in [4.78, 5) is 23.1. The molecule has 0 saturated carbocycles. The summed E-state index contributed by atoms with van der Waals surface area (Å²) in [5.74, 6) is 0.720. The zero-order chi connectivity index (χ0) is 16.7. The van der Waals surface area contributed by atoms with E-state index in [1.807, 2.05) is 6.92 Å². The minimum Gasteiger partial charge on any atom is -0.355 e. The maximum Gasteiger partial charge on any atom is 0.269 e. The number of rotatable bonds is 7. The van der Waals surface area contributed by atoms with E-state index < -0.39 is 4.92 Å². The van der Waals surface area contributed by atoms with Crippen molar-refractivity contribution in [3.63, 3.8) is 0 Å². The van der Waals surface area contributed by atoms with Gasteiger partial charge in [-0.25, -0.2) is 0 Å². The lowest BCUT2D eigenvalue weighted by molar-refractivity contribution is -0.384. The first-order chi connectivity index (χ1) is 11.0. The quantitative estimate of drug-likeness (QED) is 0.366. The summed E-state index contributed by atoms with van der Waals surface area (Å²) in [6.07, 6.45) is 0.229. The Balaban J connectivity index is 1.70. The van der Waals surface area contributed by atoms with Gasteiger partial charge in [0.1, 0.15) is 0 Å². The first-order valence-electron chi connectivity index (χ1n) is 7.24. The van der Waals surface area contributed by atoms with Crippen molar-refractivity contribution in [3.8, 4) is 0 Å². The lowest BCUT2D eigenvalue weighted by Gasteiger charge is -2.06. The molecular formula is C17H18N2O3S. The molecule has 1 N–H and O–H groups in total. The number of carbonyl (C=O) groups is 1. The predicted molar refractivity (Wildman–Crippen MR) is 91.7 cm³/mol. The van der Waals surface area contributed by atoms with Crippen molar-refractivity contribution in [2.24, 2.45) is 0 Å².